The summed E-state index contributed by atoms with van der Waals surface area (Å²) in [4.78, 5) is 17.1. The van der Waals surface area contributed by atoms with Gasteiger partial charge in [0.05, 0.1) is 12.0 Å². The fourth-order valence-electron chi connectivity index (χ4n) is 2.78. The Morgan fingerprint density at radius 3 is 2.86 bits per heavy atom. The molecule has 0 aromatic heterocycles. The highest BCUT2D eigenvalue weighted by atomic mass is 32.2. The first-order valence-electron chi connectivity index (χ1n) is 7.03. The van der Waals surface area contributed by atoms with Gasteiger partial charge in [-0.3, -0.25) is 9.79 Å². The lowest BCUT2D eigenvalue weighted by Gasteiger charge is -2.36. The standard InChI is InChI=1S/C15H17FN2O2S/c16-12-3-1-2-11(10-12)15(4-7-20-8-5-15)13(19)18-14-17-6-9-21-14/h1-3,10H,4-9H2,(H,17,18,19). The van der Waals surface area contributed by atoms with E-state index in [-0.39, 0.29) is 11.7 Å². The van der Waals surface area contributed by atoms with Gasteiger partial charge in [-0.2, -0.15) is 0 Å². The molecule has 112 valence electrons. The van der Waals surface area contributed by atoms with Gasteiger partial charge in [0.15, 0.2) is 5.17 Å². The van der Waals surface area contributed by atoms with Crippen molar-refractivity contribution in [2.75, 3.05) is 25.5 Å². The van der Waals surface area contributed by atoms with Gasteiger partial charge in [0.25, 0.3) is 0 Å². The third-order valence-electron chi connectivity index (χ3n) is 3.96. The zero-order chi connectivity index (χ0) is 14.7. The summed E-state index contributed by atoms with van der Waals surface area (Å²) >= 11 is 1.54. The summed E-state index contributed by atoms with van der Waals surface area (Å²) in [6.45, 7) is 1.74. The molecule has 0 atom stereocenters. The Morgan fingerprint density at radius 1 is 1.38 bits per heavy atom. The third kappa shape index (κ3) is 2.96. The summed E-state index contributed by atoms with van der Waals surface area (Å²) < 4.78 is 19.0. The second kappa shape index (κ2) is 6.15. The zero-order valence-corrected chi connectivity index (χ0v) is 12.4. The normalized spacial score (nSPS) is 20.9. The first kappa shape index (κ1) is 14.5. The van der Waals surface area contributed by atoms with Crippen LogP contribution in [0, 0.1) is 5.82 Å². The Bertz CT molecular complexity index is 571. The summed E-state index contributed by atoms with van der Waals surface area (Å²) in [5.41, 5.74) is -0.0154. The van der Waals surface area contributed by atoms with Crippen molar-refractivity contribution in [1.29, 1.82) is 0 Å². The monoisotopic (exact) mass is 308 g/mol. The molecule has 6 heteroatoms. The van der Waals surface area contributed by atoms with Crippen LogP contribution in [0.5, 0.6) is 0 Å². The number of hydrogen-bond acceptors (Lipinski definition) is 4. The van der Waals surface area contributed by atoms with Gasteiger partial charge in [-0.05, 0) is 30.5 Å². The number of thioether (sulfide) groups is 1. The second-order valence-electron chi connectivity index (χ2n) is 5.19. The first-order chi connectivity index (χ1) is 10.2. The highest BCUT2D eigenvalue weighted by Crippen LogP contribution is 2.35. The van der Waals surface area contributed by atoms with E-state index in [2.05, 4.69) is 10.3 Å². The van der Waals surface area contributed by atoms with Crippen molar-refractivity contribution in [2.45, 2.75) is 18.3 Å². The lowest BCUT2D eigenvalue weighted by molar-refractivity contribution is -0.128. The SMILES string of the molecule is O=C(NC1=NCCS1)C1(c2cccc(F)c2)CCOCC1. The summed E-state index contributed by atoms with van der Waals surface area (Å²) in [5.74, 6) is 0.467. The molecule has 0 spiro atoms. The molecule has 3 rings (SSSR count). The maximum Gasteiger partial charge on any atom is 0.236 e. The van der Waals surface area contributed by atoms with Crippen LogP contribution in [0.25, 0.3) is 0 Å². The van der Waals surface area contributed by atoms with Gasteiger partial charge < -0.3 is 10.1 Å². The van der Waals surface area contributed by atoms with Crippen LogP contribution in [0.3, 0.4) is 0 Å². The molecule has 1 aromatic rings. The molecule has 2 aliphatic rings. The summed E-state index contributed by atoms with van der Waals surface area (Å²) in [6.07, 6.45) is 1.11. The lowest BCUT2D eigenvalue weighted by Crippen LogP contribution is -2.49. The molecule has 0 radical (unpaired) electrons. The largest absolute Gasteiger partial charge is 0.381 e. The topological polar surface area (TPSA) is 50.7 Å². The minimum absolute atomic E-state index is 0.107. The number of nitrogens with zero attached hydrogens (tertiary/aromatic N) is 1. The van der Waals surface area contributed by atoms with Gasteiger partial charge in [0.1, 0.15) is 5.82 Å². The number of amides is 1. The molecule has 21 heavy (non-hydrogen) atoms. The Labute approximate surface area is 127 Å². The molecular weight excluding hydrogens is 291 g/mol. The summed E-state index contributed by atoms with van der Waals surface area (Å²) in [7, 11) is 0. The van der Waals surface area contributed by atoms with Gasteiger partial charge >= 0.3 is 0 Å². The van der Waals surface area contributed by atoms with Crippen LogP contribution in [0.4, 0.5) is 4.39 Å². The summed E-state index contributed by atoms with van der Waals surface area (Å²) in [5, 5.41) is 3.57. The van der Waals surface area contributed by atoms with Crippen LogP contribution in [-0.4, -0.2) is 36.6 Å². The molecule has 0 bridgehead atoms. The minimum Gasteiger partial charge on any atom is -0.381 e. The molecule has 0 saturated carbocycles. The predicted molar refractivity (Wildman–Crippen MR) is 81.0 cm³/mol. The van der Waals surface area contributed by atoms with Gasteiger partial charge in [-0.15, -0.1) is 0 Å². The molecule has 4 nitrogen and oxygen atoms in total. The highest BCUT2D eigenvalue weighted by Gasteiger charge is 2.42. The van der Waals surface area contributed by atoms with Crippen molar-refractivity contribution in [3.05, 3.63) is 35.6 Å². The fourth-order valence-corrected chi connectivity index (χ4v) is 3.50. The van der Waals surface area contributed by atoms with Crippen molar-refractivity contribution in [1.82, 2.24) is 5.32 Å². The van der Waals surface area contributed by atoms with Crippen LogP contribution < -0.4 is 5.32 Å². The molecular formula is C15H17FN2O2S. The lowest BCUT2D eigenvalue weighted by atomic mass is 9.73. The van der Waals surface area contributed by atoms with Crippen molar-refractivity contribution in [3.63, 3.8) is 0 Å². The number of ether oxygens (including phenoxy) is 1. The van der Waals surface area contributed by atoms with Gasteiger partial charge in [0, 0.05) is 19.0 Å². The molecule has 0 aliphatic carbocycles. The van der Waals surface area contributed by atoms with Crippen molar-refractivity contribution < 1.29 is 13.9 Å². The fraction of sp³-hybridized carbons (Fsp3) is 0.467. The number of carbonyl (C=O) groups is 1. The molecule has 1 amide bonds. The molecule has 1 saturated heterocycles. The van der Waals surface area contributed by atoms with E-state index in [1.54, 1.807) is 17.8 Å². The van der Waals surface area contributed by atoms with E-state index in [0.29, 0.717) is 36.8 Å². The highest BCUT2D eigenvalue weighted by molar-refractivity contribution is 8.14. The third-order valence-corrected chi connectivity index (χ3v) is 4.86. The van der Waals surface area contributed by atoms with Crippen molar-refractivity contribution >= 4 is 22.8 Å². The van der Waals surface area contributed by atoms with Gasteiger partial charge in [0.2, 0.25) is 5.91 Å². The second-order valence-corrected chi connectivity index (χ2v) is 6.28. The van der Waals surface area contributed by atoms with Crippen LogP contribution in [0.15, 0.2) is 29.3 Å². The Hall–Kier alpha value is -1.40. The predicted octanol–water partition coefficient (Wildman–Crippen LogP) is 2.09. The van der Waals surface area contributed by atoms with Gasteiger partial charge in [-0.25, -0.2) is 4.39 Å². The Kier molecular flexibility index (Phi) is 4.26. The minimum atomic E-state index is -0.730. The number of aliphatic imine (C=N–C) groups is 1. The van der Waals surface area contributed by atoms with Gasteiger partial charge in [-0.1, -0.05) is 23.9 Å². The number of carbonyl (C=O) groups excluding carboxylic acids is 1. The van der Waals surface area contributed by atoms with Crippen molar-refractivity contribution in [2.24, 2.45) is 4.99 Å². The van der Waals surface area contributed by atoms with Crippen LogP contribution >= 0.6 is 11.8 Å². The van der Waals surface area contributed by atoms with E-state index in [1.807, 2.05) is 6.07 Å². The number of hydrogen-bond donors (Lipinski definition) is 1. The van der Waals surface area contributed by atoms with Crippen LogP contribution in [0.1, 0.15) is 18.4 Å². The quantitative estimate of drug-likeness (QED) is 0.910. The van der Waals surface area contributed by atoms with E-state index in [4.69, 9.17) is 4.74 Å². The number of nitrogens with one attached hydrogen (secondary N) is 1. The number of amidine groups is 1. The first-order valence-corrected chi connectivity index (χ1v) is 8.02. The Morgan fingerprint density at radius 2 is 2.19 bits per heavy atom. The van der Waals surface area contributed by atoms with E-state index < -0.39 is 5.41 Å². The maximum atomic E-state index is 13.6. The molecule has 2 aliphatic heterocycles. The number of halogens is 1. The zero-order valence-electron chi connectivity index (χ0n) is 11.6. The van der Waals surface area contributed by atoms with Crippen molar-refractivity contribution in [3.8, 4) is 0 Å². The average Bonchev–Trinajstić information content (AvgIpc) is 3.01. The number of benzene rings is 1. The molecule has 1 aromatic carbocycles. The molecule has 0 unspecified atom stereocenters. The smallest absolute Gasteiger partial charge is 0.236 e. The Balaban J connectivity index is 1.90. The van der Waals surface area contributed by atoms with Crippen LogP contribution in [0.2, 0.25) is 0 Å². The van der Waals surface area contributed by atoms with E-state index >= 15 is 0 Å². The molecule has 1 N–H and O–H groups in total. The number of rotatable bonds is 2. The van der Waals surface area contributed by atoms with E-state index in [1.165, 1.54) is 12.1 Å². The van der Waals surface area contributed by atoms with E-state index in [0.717, 1.165) is 12.3 Å². The molecule has 1 fully saturated rings. The molecule has 2 heterocycles. The summed E-state index contributed by atoms with van der Waals surface area (Å²) in [6, 6.07) is 6.31. The average molecular weight is 308 g/mol. The maximum absolute atomic E-state index is 13.6. The van der Waals surface area contributed by atoms with Crippen LogP contribution in [-0.2, 0) is 14.9 Å². The van der Waals surface area contributed by atoms with E-state index in [9.17, 15) is 9.18 Å².